The molecule has 0 aliphatic rings. The summed E-state index contributed by atoms with van der Waals surface area (Å²) >= 11 is 1.30. The van der Waals surface area contributed by atoms with E-state index in [0.717, 1.165) is 0 Å². The van der Waals surface area contributed by atoms with Crippen LogP contribution in [-0.2, 0) is 0 Å². The molecule has 0 fully saturated rings. The Morgan fingerprint density at radius 3 is 3.00 bits per heavy atom. The van der Waals surface area contributed by atoms with Gasteiger partial charge in [-0.3, -0.25) is 9.20 Å². The van der Waals surface area contributed by atoms with Gasteiger partial charge in [-0.15, -0.1) is 11.3 Å². The van der Waals surface area contributed by atoms with Crippen molar-refractivity contribution < 1.29 is 9.90 Å². The molecule has 17 heavy (non-hydrogen) atoms. The van der Waals surface area contributed by atoms with Crippen LogP contribution >= 0.6 is 11.3 Å². The van der Waals surface area contributed by atoms with Crippen LogP contribution in [0.4, 0.5) is 0 Å². The van der Waals surface area contributed by atoms with E-state index in [9.17, 15) is 9.59 Å². The smallest absolute Gasteiger partial charge is 0.339 e. The summed E-state index contributed by atoms with van der Waals surface area (Å²) < 4.78 is 1.80. The monoisotopic (exact) mass is 246 g/mol. The molecule has 0 aliphatic heterocycles. The number of rotatable bonds is 1. The minimum atomic E-state index is -1.09. The maximum atomic E-state index is 12.1. The predicted octanol–water partition coefficient (Wildman–Crippen LogP) is 1.61. The molecular formula is C11H6N2O3S. The predicted molar refractivity (Wildman–Crippen MR) is 63.8 cm³/mol. The zero-order valence-electron chi connectivity index (χ0n) is 8.45. The second-order valence-electron chi connectivity index (χ2n) is 3.47. The summed E-state index contributed by atoms with van der Waals surface area (Å²) in [7, 11) is 0. The van der Waals surface area contributed by atoms with Crippen LogP contribution in [0.15, 0.2) is 34.6 Å². The number of aromatic carboxylic acids is 1. The van der Waals surface area contributed by atoms with Gasteiger partial charge in [0.15, 0.2) is 5.65 Å². The van der Waals surface area contributed by atoms with E-state index >= 15 is 0 Å². The van der Waals surface area contributed by atoms with E-state index in [4.69, 9.17) is 5.11 Å². The first-order valence-corrected chi connectivity index (χ1v) is 5.68. The Kier molecular flexibility index (Phi) is 1.99. The standard InChI is InChI=1S/C11H6N2O3S/c14-10-8-7(3-5-17-8)12-9-6(11(15)16)2-1-4-13(9)10/h1-5H,(H,15,16). The number of carbonyl (C=O) groups is 1. The summed E-state index contributed by atoms with van der Waals surface area (Å²) in [5, 5.41) is 10.8. The van der Waals surface area contributed by atoms with Gasteiger partial charge in [0.1, 0.15) is 10.3 Å². The highest BCUT2D eigenvalue weighted by atomic mass is 32.1. The fourth-order valence-electron chi connectivity index (χ4n) is 1.72. The largest absolute Gasteiger partial charge is 0.478 e. The number of aromatic nitrogens is 2. The van der Waals surface area contributed by atoms with Crippen LogP contribution in [0.3, 0.4) is 0 Å². The van der Waals surface area contributed by atoms with Gasteiger partial charge in [0.05, 0.1) is 5.52 Å². The van der Waals surface area contributed by atoms with Crippen LogP contribution < -0.4 is 5.56 Å². The first-order valence-electron chi connectivity index (χ1n) is 4.80. The van der Waals surface area contributed by atoms with Crippen molar-refractivity contribution in [3.63, 3.8) is 0 Å². The first-order chi connectivity index (χ1) is 8.18. The van der Waals surface area contributed by atoms with Crippen molar-refractivity contribution in [2.24, 2.45) is 0 Å². The molecular weight excluding hydrogens is 240 g/mol. The van der Waals surface area contributed by atoms with Gasteiger partial charge in [0.25, 0.3) is 5.56 Å². The number of carboxylic acid groups (broad SMARTS) is 1. The molecule has 3 heterocycles. The molecule has 0 atom stereocenters. The Bertz CT molecular complexity index is 803. The van der Waals surface area contributed by atoms with Crippen molar-refractivity contribution in [3.8, 4) is 0 Å². The van der Waals surface area contributed by atoms with E-state index < -0.39 is 5.97 Å². The number of pyridine rings is 1. The molecule has 0 radical (unpaired) electrons. The molecule has 0 bridgehead atoms. The van der Waals surface area contributed by atoms with Crippen LogP contribution in [0.25, 0.3) is 15.9 Å². The zero-order valence-corrected chi connectivity index (χ0v) is 9.27. The molecule has 5 nitrogen and oxygen atoms in total. The lowest BCUT2D eigenvalue weighted by Gasteiger charge is -2.02. The quantitative estimate of drug-likeness (QED) is 0.708. The fourth-order valence-corrected chi connectivity index (χ4v) is 2.49. The molecule has 84 valence electrons. The molecule has 3 aromatic rings. The van der Waals surface area contributed by atoms with E-state index in [1.54, 1.807) is 11.4 Å². The third kappa shape index (κ3) is 1.34. The lowest BCUT2D eigenvalue weighted by atomic mass is 10.2. The number of hydrogen-bond acceptors (Lipinski definition) is 4. The van der Waals surface area contributed by atoms with Crippen molar-refractivity contribution in [3.05, 3.63) is 45.7 Å². The summed E-state index contributed by atoms with van der Waals surface area (Å²) in [6, 6.07) is 4.67. The number of hydrogen-bond donors (Lipinski definition) is 1. The lowest BCUT2D eigenvalue weighted by molar-refractivity contribution is 0.0698. The lowest BCUT2D eigenvalue weighted by Crippen LogP contribution is -2.16. The van der Waals surface area contributed by atoms with Crippen molar-refractivity contribution >= 4 is 33.2 Å². The normalized spacial score (nSPS) is 11.1. The highest BCUT2D eigenvalue weighted by molar-refractivity contribution is 7.17. The van der Waals surface area contributed by atoms with Gasteiger partial charge in [-0.2, -0.15) is 0 Å². The number of nitrogens with zero attached hydrogens (tertiary/aromatic N) is 2. The van der Waals surface area contributed by atoms with Gasteiger partial charge in [-0.05, 0) is 23.6 Å². The van der Waals surface area contributed by atoms with E-state index in [1.165, 1.54) is 34.1 Å². The summed E-state index contributed by atoms with van der Waals surface area (Å²) in [4.78, 5) is 27.3. The van der Waals surface area contributed by atoms with E-state index in [-0.39, 0.29) is 16.8 Å². The minimum absolute atomic E-state index is 0.0256. The van der Waals surface area contributed by atoms with Crippen LogP contribution in [0, 0.1) is 0 Å². The molecule has 6 heteroatoms. The topological polar surface area (TPSA) is 71.7 Å². The highest BCUT2D eigenvalue weighted by Crippen LogP contribution is 2.17. The third-order valence-corrected chi connectivity index (χ3v) is 3.37. The van der Waals surface area contributed by atoms with Gasteiger partial charge >= 0.3 is 5.97 Å². The Labute approximate surface area is 98.6 Å². The molecule has 0 amide bonds. The minimum Gasteiger partial charge on any atom is -0.478 e. The average molecular weight is 246 g/mol. The van der Waals surface area contributed by atoms with Crippen LogP contribution in [0.2, 0.25) is 0 Å². The van der Waals surface area contributed by atoms with Crippen molar-refractivity contribution in [1.82, 2.24) is 9.38 Å². The highest BCUT2D eigenvalue weighted by Gasteiger charge is 2.13. The molecule has 0 aromatic carbocycles. The fraction of sp³-hybridized carbons (Fsp3) is 0. The number of carboxylic acids is 1. The van der Waals surface area contributed by atoms with Crippen molar-refractivity contribution in [2.75, 3.05) is 0 Å². The number of thiophene rings is 1. The summed E-state index contributed by atoms with van der Waals surface area (Å²) in [5.41, 5.74) is 0.505. The third-order valence-electron chi connectivity index (χ3n) is 2.48. The van der Waals surface area contributed by atoms with Crippen molar-refractivity contribution in [1.29, 1.82) is 0 Å². The summed E-state index contributed by atoms with van der Waals surface area (Å²) in [6.07, 6.45) is 1.52. The molecule has 0 saturated heterocycles. The summed E-state index contributed by atoms with van der Waals surface area (Å²) in [5.74, 6) is -1.09. The SMILES string of the molecule is O=C(O)c1cccn2c(=O)c3sccc3nc12. The Hall–Kier alpha value is -2.21. The van der Waals surface area contributed by atoms with Gasteiger partial charge in [-0.25, -0.2) is 9.78 Å². The molecule has 3 aromatic heterocycles. The Morgan fingerprint density at radius 1 is 1.41 bits per heavy atom. The molecule has 0 saturated carbocycles. The van der Waals surface area contributed by atoms with Crippen LogP contribution in [-0.4, -0.2) is 20.5 Å². The maximum absolute atomic E-state index is 12.1. The van der Waals surface area contributed by atoms with Crippen LogP contribution in [0.1, 0.15) is 10.4 Å². The zero-order chi connectivity index (χ0) is 12.0. The Morgan fingerprint density at radius 2 is 2.24 bits per heavy atom. The molecule has 0 aliphatic carbocycles. The van der Waals surface area contributed by atoms with Gasteiger partial charge in [0, 0.05) is 6.20 Å². The van der Waals surface area contributed by atoms with E-state index in [0.29, 0.717) is 10.2 Å². The average Bonchev–Trinajstić information content (AvgIpc) is 2.77. The van der Waals surface area contributed by atoms with Gasteiger partial charge < -0.3 is 5.11 Å². The second kappa shape index (κ2) is 3.39. The van der Waals surface area contributed by atoms with Gasteiger partial charge in [0.2, 0.25) is 0 Å². The van der Waals surface area contributed by atoms with Crippen LogP contribution in [0.5, 0.6) is 0 Å². The summed E-state index contributed by atoms with van der Waals surface area (Å²) in [6.45, 7) is 0. The Balaban J connectivity index is 2.61. The van der Waals surface area contributed by atoms with E-state index in [1.807, 2.05) is 0 Å². The number of fused-ring (bicyclic) bond motifs is 2. The molecule has 0 unspecified atom stereocenters. The molecule has 3 rings (SSSR count). The molecule has 1 N–H and O–H groups in total. The first kappa shape index (κ1) is 9.98. The second-order valence-corrected chi connectivity index (χ2v) is 4.39. The molecule has 0 spiro atoms. The van der Waals surface area contributed by atoms with E-state index in [2.05, 4.69) is 4.98 Å². The maximum Gasteiger partial charge on any atom is 0.339 e. The van der Waals surface area contributed by atoms with Gasteiger partial charge in [-0.1, -0.05) is 0 Å². The van der Waals surface area contributed by atoms with Crippen molar-refractivity contribution in [2.45, 2.75) is 0 Å².